The van der Waals surface area contributed by atoms with E-state index in [0.717, 1.165) is 22.9 Å². The number of nitrogens with zero attached hydrogens (tertiary/aromatic N) is 2. The number of hydrogen-bond acceptors (Lipinski definition) is 4. The SMILES string of the molecule is CCCCNC(=O)[C@H](C)N(Cc1ccc(Br)cc1)C(=O)Cc1ccccc1[N+](=O)[O-]. The predicted molar refractivity (Wildman–Crippen MR) is 119 cm³/mol. The molecule has 0 spiro atoms. The number of amides is 2. The van der Waals surface area contributed by atoms with Crippen molar-refractivity contribution in [2.24, 2.45) is 0 Å². The number of nitrogens with one attached hydrogen (secondary N) is 1. The van der Waals surface area contributed by atoms with Crippen molar-refractivity contribution in [2.75, 3.05) is 6.54 Å². The van der Waals surface area contributed by atoms with Crippen LogP contribution in [0.2, 0.25) is 0 Å². The van der Waals surface area contributed by atoms with Crippen LogP contribution >= 0.6 is 15.9 Å². The second-order valence-electron chi connectivity index (χ2n) is 7.03. The average molecular weight is 476 g/mol. The summed E-state index contributed by atoms with van der Waals surface area (Å²) in [6.07, 6.45) is 1.66. The zero-order valence-corrected chi connectivity index (χ0v) is 18.7. The maximum atomic E-state index is 13.1. The highest BCUT2D eigenvalue weighted by atomic mass is 79.9. The third kappa shape index (κ3) is 6.66. The van der Waals surface area contributed by atoms with Crippen molar-refractivity contribution < 1.29 is 14.5 Å². The molecule has 0 unspecified atom stereocenters. The standard InChI is InChI=1S/C22H26BrN3O4/c1-3-4-13-24-22(28)16(2)25(15-17-9-11-19(23)12-10-17)21(27)14-18-7-5-6-8-20(18)26(29)30/h5-12,16H,3-4,13-15H2,1-2H3,(H,24,28)/t16-/m0/s1. The highest BCUT2D eigenvalue weighted by Crippen LogP contribution is 2.21. The van der Waals surface area contributed by atoms with Gasteiger partial charge in [-0.1, -0.05) is 59.6 Å². The Morgan fingerprint density at radius 2 is 1.83 bits per heavy atom. The quantitative estimate of drug-likeness (QED) is 0.316. The minimum Gasteiger partial charge on any atom is -0.354 e. The van der Waals surface area contributed by atoms with E-state index in [0.29, 0.717) is 12.1 Å². The molecular formula is C22H26BrN3O4. The summed E-state index contributed by atoms with van der Waals surface area (Å²) in [5.41, 5.74) is 1.09. The van der Waals surface area contributed by atoms with Crippen LogP contribution < -0.4 is 5.32 Å². The fourth-order valence-corrected chi connectivity index (χ4v) is 3.27. The number of carbonyl (C=O) groups is 2. The smallest absolute Gasteiger partial charge is 0.273 e. The summed E-state index contributed by atoms with van der Waals surface area (Å²) in [6, 6.07) is 12.9. The highest BCUT2D eigenvalue weighted by Gasteiger charge is 2.27. The van der Waals surface area contributed by atoms with Crippen molar-refractivity contribution in [1.29, 1.82) is 0 Å². The fourth-order valence-electron chi connectivity index (χ4n) is 3.01. The minimum atomic E-state index is -0.708. The number of carbonyl (C=O) groups excluding carboxylic acids is 2. The van der Waals surface area contributed by atoms with Gasteiger partial charge in [-0.2, -0.15) is 0 Å². The lowest BCUT2D eigenvalue weighted by Gasteiger charge is -2.29. The molecular weight excluding hydrogens is 450 g/mol. The average Bonchev–Trinajstić information content (AvgIpc) is 2.73. The Morgan fingerprint density at radius 1 is 1.17 bits per heavy atom. The number of benzene rings is 2. The zero-order chi connectivity index (χ0) is 22.1. The fraction of sp³-hybridized carbons (Fsp3) is 0.364. The van der Waals surface area contributed by atoms with Gasteiger partial charge in [0.1, 0.15) is 6.04 Å². The van der Waals surface area contributed by atoms with Gasteiger partial charge in [0.05, 0.1) is 11.3 Å². The molecule has 0 saturated heterocycles. The number of rotatable bonds is 10. The molecule has 0 aliphatic carbocycles. The van der Waals surface area contributed by atoms with Crippen LogP contribution in [0.15, 0.2) is 53.0 Å². The van der Waals surface area contributed by atoms with Crippen LogP contribution in [0, 0.1) is 10.1 Å². The Morgan fingerprint density at radius 3 is 2.47 bits per heavy atom. The van der Waals surface area contributed by atoms with Crippen molar-refractivity contribution in [3.8, 4) is 0 Å². The molecule has 8 heteroatoms. The number of halogens is 1. The van der Waals surface area contributed by atoms with Gasteiger partial charge in [0, 0.05) is 29.2 Å². The summed E-state index contributed by atoms with van der Waals surface area (Å²) in [4.78, 5) is 38.0. The van der Waals surface area contributed by atoms with E-state index in [9.17, 15) is 19.7 Å². The number of para-hydroxylation sites is 1. The first kappa shape index (κ1) is 23.5. The molecule has 30 heavy (non-hydrogen) atoms. The van der Waals surface area contributed by atoms with Crippen LogP contribution in [0.5, 0.6) is 0 Å². The van der Waals surface area contributed by atoms with Crippen molar-refractivity contribution in [3.05, 3.63) is 74.2 Å². The molecule has 7 nitrogen and oxygen atoms in total. The first-order valence-electron chi connectivity index (χ1n) is 9.87. The molecule has 1 N–H and O–H groups in total. The van der Waals surface area contributed by atoms with Crippen LogP contribution in [0.1, 0.15) is 37.8 Å². The van der Waals surface area contributed by atoms with E-state index in [-0.39, 0.29) is 30.5 Å². The zero-order valence-electron chi connectivity index (χ0n) is 17.1. The van der Waals surface area contributed by atoms with Crippen molar-refractivity contribution in [3.63, 3.8) is 0 Å². The Kier molecular flexibility index (Phi) is 8.98. The number of nitro benzene ring substituents is 1. The van der Waals surface area contributed by atoms with Gasteiger partial charge in [0.2, 0.25) is 11.8 Å². The summed E-state index contributed by atoms with van der Waals surface area (Å²) in [7, 11) is 0. The summed E-state index contributed by atoms with van der Waals surface area (Å²) in [5.74, 6) is -0.582. The summed E-state index contributed by atoms with van der Waals surface area (Å²) in [5, 5.41) is 14.2. The van der Waals surface area contributed by atoms with Gasteiger partial charge in [-0.15, -0.1) is 0 Å². The molecule has 2 amide bonds. The third-order valence-electron chi connectivity index (χ3n) is 4.79. The van der Waals surface area contributed by atoms with Crippen LogP contribution in [-0.4, -0.2) is 34.2 Å². The lowest BCUT2D eigenvalue weighted by molar-refractivity contribution is -0.385. The van der Waals surface area contributed by atoms with Gasteiger partial charge in [-0.25, -0.2) is 0 Å². The molecule has 2 rings (SSSR count). The molecule has 0 radical (unpaired) electrons. The van der Waals surface area contributed by atoms with Gasteiger partial charge in [0.25, 0.3) is 5.69 Å². The molecule has 0 aliphatic heterocycles. The molecule has 0 fully saturated rings. The molecule has 0 aromatic heterocycles. The van der Waals surface area contributed by atoms with E-state index in [1.165, 1.54) is 11.0 Å². The number of hydrogen-bond donors (Lipinski definition) is 1. The molecule has 2 aromatic rings. The van der Waals surface area contributed by atoms with E-state index < -0.39 is 11.0 Å². The molecule has 0 aliphatic rings. The van der Waals surface area contributed by atoms with Crippen LogP contribution in [0.3, 0.4) is 0 Å². The lowest BCUT2D eigenvalue weighted by Crippen LogP contribution is -2.48. The first-order chi connectivity index (χ1) is 14.3. The molecule has 160 valence electrons. The van der Waals surface area contributed by atoms with Crippen LogP contribution in [-0.2, 0) is 22.6 Å². The topological polar surface area (TPSA) is 92.6 Å². The van der Waals surface area contributed by atoms with E-state index >= 15 is 0 Å². The maximum absolute atomic E-state index is 13.1. The number of nitro groups is 1. The first-order valence-corrected chi connectivity index (χ1v) is 10.7. The molecule has 0 saturated carbocycles. The lowest BCUT2D eigenvalue weighted by atomic mass is 10.1. The third-order valence-corrected chi connectivity index (χ3v) is 5.32. The Bertz CT molecular complexity index is 886. The second kappa shape index (κ2) is 11.4. The van der Waals surface area contributed by atoms with Gasteiger partial charge in [-0.05, 0) is 31.0 Å². The van der Waals surface area contributed by atoms with Gasteiger partial charge < -0.3 is 10.2 Å². The van der Waals surface area contributed by atoms with Crippen LogP contribution in [0.25, 0.3) is 0 Å². The number of unbranched alkanes of at least 4 members (excludes halogenated alkanes) is 1. The highest BCUT2D eigenvalue weighted by molar-refractivity contribution is 9.10. The van der Waals surface area contributed by atoms with Gasteiger partial charge in [-0.3, -0.25) is 19.7 Å². The summed E-state index contributed by atoms with van der Waals surface area (Å²) >= 11 is 3.39. The molecule has 1 atom stereocenters. The summed E-state index contributed by atoms with van der Waals surface area (Å²) < 4.78 is 0.911. The van der Waals surface area contributed by atoms with Gasteiger partial charge >= 0.3 is 0 Å². The largest absolute Gasteiger partial charge is 0.354 e. The predicted octanol–water partition coefficient (Wildman–Crippen LogP) is 4.23. The van der Waals surface area contributed by atoms with E-state index in [2.05, 4.69) is 21.2 Å². The van der Waals surface area contributed by atoms with E-state index in [4.69, 9.17) is 0 Å². The van der Waals surface area contributed by atoms with Crippen molar-refractivity contribution >= 4 is 33.4 Å². The normalized spacial score (nSPS) is 11.6. The molecule has 0 heterocycles. The minimum absolute atomic E-state index is 0.102. The van der Waals surface area contributed by atoms with E-state index in [1.807, 2.05) is 31.2 Å². The monoisotopic (exact) mass is 475 g/mol. The van der Waals surface area contributed by atoms with Crippen LogP contribution in [0.4, 0.5) is 5.69 Å². The Labute approximate surface area is 184 Å². The summed E-state index contributed by atoms with van der Waals surface area (Å²) in [6.45, 7) is 4.49. The maximum Gasteiger partial charge on any atom is 0.273 e. The van der Waals surface area contributed by atoms with Crippen molar-refractivity contribution in [2.45, 2.75) is 45.7 Å². The molecule has 0 bridgehead atoms. The Hall–Kier alpha value is -2.74. The van der Waals surface area contributed by atoms with Gasteiger partial charge in [0.15, 0.2) is 0 Å². The Balaban J connectivity index is 2.25. The molecule has 2 aromatic carbocycles. The van der Waals surface area contributed by atoms with E-state index in [1.54, 1.807) is 25.1 Å². The van der Waals surface area contributed by atoms with Crippen molar-refractivity contribution in [1.82, 2.24) is 10.2 Å². The second-order valence-corrected chi connectivity index (χ2v) is 7.95.